The number of rotatable bonds is 3. The van der Waals surface area contributed by atoms with Gasteiger partial charge in [-0.15, -0.1) is 10.2 Å². The molecule has 0 atom stereocenters. The lowest BCUT2D eigenvalue weighted by atomic mass is 9.75. The lowest BCUT2D eigenvalue weighted by Gasteiger charge is -2.37. The molecule has 2 fully saturated rings. The summed E-state index contributed by atoms with van der Waals surface area (Å²) in [5.41, 5.74) is 6.32. The molecule has 2 saturated carbocycles. The molecule has 2 N–H and O–H groups in total. The summed E-state index contributed by atoms with van der Waals surface area (Å²) in [5, 5.41) is 14.6. The Labute approximate surface area is 122 Å². The minimum Gasteiger partial charge on any atom is -0.325 e. The summed E-state index contributed by atoms with van der Waals surface area (Å²) < 4.78 is 1.98. The monoisotopic (exact) mass is 291 g/mol. The molecule has 0 aromatic carbocycles. The third-order valence-corrected chi connectivity index (χ3v) is 5.78. The van der Waals surface area contributed by atoms with E-state index < -0.39 is 0 Å². The van der Waals surface area contributed by atoms with E-state index in [4.69, 9.17) is 10.8 Å². The molecule has 2 aromatic rings. The van der Waals surface area contributed by atoms with Crippen LogP contribution < -0.4 is 5.73 Å². The Morgan fingerprint density at radius 1 is 1.15 bits per heavy atom. The number of hydrogen-bond donors (Lipinski definition) is 1. The average Bonchev–Trinajstić information content (AvgIpc) is 2.97. The van der Waals surface area contributed by atoms with Gasteiger partial charge < -0.3 is 5.73 Å². The first-order valence-corrected chi connectivity index (χ1v) is 8.55. The van der Waals surface area contributed by atoms with Crippen molar-refractivity contribution in [2.45, 2.75) is 69.2 Å². The molecular formula is C14H21N5S. The van der Waals surface area contributed by atoms with E-state index in [0.29, 0.717) is 5.92 Å². The van der Waals surface area contributed by atoms with E-state index in [1.165, 1.54) is 38.5 Å². The van der Waals surface area contributed by atoms with Crippen LogP contribution in [-0.2, 0) is 6.42 Å². The van der Waals surface area contributed by atoms with Crippen LogP contribution in [0.5, 0.6) is 0 Å². The topological polar surface area (TPSA) is 69.1 Å². The summed E-state index contributed by atoms with van der Waals surface area (Å²) in [6, 6.07) is 0. The van der Waals surface area contributed by atoms with Gasteiger partial charge >= 0.3 is 0 Å². The Balaban J connectivity index is 1.61. The predicted molar refractivity (Wildman–Crippen MR) is 79.0 cm³/mol. The zero-order valence-electron chi connectivity index (χ0n) is 11.7. The second-order valence-corrected chi connectivity index (χ2v) is 7.52. The maximum atomic E-state index is 6.33. The summed E-state index contributed by atoms with van der Waals surface area (Å²) in [5.74, 6) is 1.62. The minimum atomic E-state index is -0.00566. The summed E-state index contributed by atoms with van der Waals surface area (Å²) in [4.78, 5) is 0.934. The van der Waals surface area contributed by atoms with E-state index >= 15 is 0 Å². The fraction of sp³-hybridized carbons (Fsp3) is 0.786. The molecule has 0 aliphatic heterocycles. The highest BCUT2D eigenvalue weighted by Crippen LogP contribution is 2.35. The van der Waals surface area contributed by atoms with Gasteiger partial charge in [0, 0.05) is 17.9 Å². The smallest absolute Gasteiger partial charge is 0.234 e. The van der Waals surface area contributed by atoms with Gasteiger partial charge in [0.2, 0.25) is 4.96 Å². The quantitative estimate of drug-likeness (QED) is 0.944. The van der Waals surface area contributed by atoms with Crippen LogP contribution in [0.3, 0.4) is 0 Å². The van der Waals surface area contributed by atoms with E-state index in [1.807, 2.05) is 4.52 Å². The van der Waals surface area contributed by atoms with Crippen LogP contribution in [0.2, 0.25) is 0 Å². The molecule has 0 amide bonds. The van der Waals surface area contributed by atoms with Gasteiger partial charge in [-0.25, -0.2) is 0 Å². The minimum absolute atomic E-state index is 0.00566. The van der Waals surface area contributed by atoms with E-state index in [-0.39, 0.29) is 5.54 Å². The van der Waals surface area contributed by atoms with Gasteiger partial charge in [0.25, 0.3) is 0 Å². The van der Waals surface area contributed by atoms with Crippen molar-refractivity contribution >= 4 is 16.3 Å². The van der Waals surface area contributed by atoms with E-state index in [0.717, 1.165) is 35.1 Å². The molecule has 0 spiro atoms. The molecule has 108 valence electrons. The lowest BCUT2D eigenvalue weighted by molar-refractivity contribution is 0.246. The number of hydrogen-bond acceptors (Lipinski definition) is 5. The van der Waals surface area contributed by atoms with Crippen LogP contribution in [0.25, 0.3) is 4.96 Å². The van der Waals surface area contributed by atoms with Gasteiger partial charge in [-0.05, 0) is 32.1 Å². The summed E-state index contributed by atoms with van der Waals surface area (Å²) >= 11 is 1.66. The molecule has 2 heterocycles. The van der Waals surface area contributed by atoms with Gasteiger partial charge in [-0.2, -0.15) is 9.61 Å². The van der Waals surface area contributed by atoms with Crippen molar-refractivity contribution in [3.05, 3.63) is 10.8 Å². The van der Waals surface area contributed by atoms with Gasteiger partial charge in [0.05, 0.1) is 0 Å². The molecule has 0 bridgehead atoms. The van der Waals surface area contributed by atoms with Gasteiger partial charge in [-0.1, -0.05) is 30.6 Å². The SMILES string of the molecule is NC1(Cc2nn3c(C4CCCCC4)nnc3s2)CCC1. The summed E-state index contributed by atoms with van der Waals surface area (Å²) in [6.45, 7) is 0. The Morgan fingerprint density at radius 3 is 2.65 bits per heavy atom. The number of aromatic nitrogens is 4. The summed E-state index contributed by atoms with van der Waals surface area (Å²) in [6.07, 6.45) is 10.8. The molecule has 6 heteroatoms. The van der Waals surface area contributed by atoms with Crippen LogP contribution in [0.1, 0.15) is 68.1 Å². The van der Waals surface area contributed by atoms with Crippen LogP contribution in [0.15, 0.2) is 0 Å². The highest BCUT2D eigenvalue weighted by atomic mass is 32.1. The predicted octanol–water partition coefficient (Wildman–Crippen LogP) is 2.66. The molecule has 2 aliphatic rings. The van der Waals surface area contributed by atoms with Crippen molar-refractivity contribution in [3.8, 4) is 0 Å². The summed E-state index contributed by atoms with van der Waals surface area (Å²) in [7, 11) is 0. The number of nitrogens with zero attached hydrogens (tertiary/aromatic N) is 4. The molecule has 5 nitrogen and oxygen atoms in total. The highest BCUT2D eigenvalue weighted by molar-refractivity contribution is 7.16. The third-order valence-electron chi connectivity index (χ3n) is 4.88. The second kappa shape index (κ2) is 4.77. The van der Waals surface area contributed by atoms with Gasteiger partial charge in [0.15, 0.2) is 5.82 Å². The molecule has 2 aliphatic carbocycles. The molecule has 0 unspecified atom stereocenters. The second-order valence-electron chi connectivity index (χ2n) is 6.48. The average molecular weight is 291 g/mol. The van der Waals surface area contributed by atoms with Crippen molar-refractivity contribution in [2.24, 2.45) is 5.73 Å². The fourth-order valence-electron chi connectivity index (χ4n) is 3.47. The Kier molecular flexibility index (Phi) is 3.03. The maximum Gasteiger partial charge on any atom is 0.234 e. The molecular weight excluding hydrogens is 270 g/mol. The standard InChI is InChI=1S/C14H21N5S/c15-14(7-4-8-14)9-11-18-19-12(16-17-13(19)20-11)10-5-2-1-3-6-10/h10H,1-9,15H2. The normalized spacial score (nSPS) is 23.1. The van der Waals surface area contributed by atoms with Crippen molar-refractivity contribution in [3.63, 3.8) is 0 Å². The molecule has 0 radical (unpaired) electrons. The zero-order valence-corrected chi connectivity index (χ0v) is 12.5. The van der Waals surface area contributed by atoms with Crippen molar-refractivity contribution < 1.29 is 0 Å². The van der Waals surface area contributed by atoms with Crippen molar-refractivity contribution in [1.82, 2.24) is 19.8 Å². The molecule has 0 saturated heterocycles. The highest BCUT2D eigenvalue weighted by Gasteiger charge is 2.34. The third kappa shape index (κ3) is 2.15. The van der Waals surface area contributed by atoms with Crippen LogP contribution in [0, 0.1) is 0 Å². The molecule has 4 rings (SSSR count). The van der Waals surface area contributed by atoms with Crippen LogP contribution in [0.4, 0.5) is 0 Å². The van der Waals surface area contributed by atoms with Gasteiger partial charge in [0.1, 0.15) is 5.01 Å². The van der Waals surface area contributed by atoms with E-state index in [9.17, 15) is 0 Å². The van der Waals surface area contributed by atoms with Crippen molar-refractivity contribution in [1.29, 1.82) is 0 Å². The first-order chi connectivity index (χ1) is 9.73. The van der Waals surface area contributed by atoms with Crippen LogP contribution in [-0.4, -0.2) is 25.4 Å². The van der Waals surface area contributed by atoms with Gasteiger partial charge in [-0.3, -0.25) is 0 Å². The fourth-order valence-corrected chi connectivity index (χ4v) is 4.46. The lowest BCUT2D eigenvalue weighted by Crippen LogP contribution is -2.48. The zero-order chi connectivity index (χ0) is 13.6. The van der Waals surface area contributed by atoms with E-state index in [2.05, 4.69) is 10.2 Å². The first kappa shape index (κ1) is 12.7. The van der Waals surface area contributed by atoms with Crippen molar-refractivity contribution in [2.75, 3.05) is 0 Å². The Hall–Kier alpha value is -1.01. The first-order valence-electron chi connectivity index (χ1n) is 7.73. The molecule has 2 aromatic heterocycles. The number of fused-ring (bicyclic) bond motifs is 1. The number of nitrogens with two attached hydrogens (primary N) is 1. The molecule has 20 heavy (non-hydrogen) atoms. The largest absolute Gasteiger partial charge is 0.325 e. The Morgan fingerprint density at radius 2 is 1.95 bits per heavy atom. The van der Waals surface area contributed by atoms with E-state index in [1.54, 1.807) is 11.3 Å². The maximum absolute atomic E-state index is 6.33. The van der Waals surface area contributed by atoms with Crippen LogP contribution >= 0.6 is 11.3 Å². The Bertz CT molecular complexity index is 606.